The number of methoxy groups -OCH3 is 2. The van der Waals surface area contributed by atoms with Crippen LogP contribution in [0.4, 0.5) is 0 Å². The van der Waals surface area contributed by atoms with Crippen LogP contribution in [0.5, 0.6) is 23.0 Å². The van der Waals surface area contributed by atoms with Gasteiger partial charge < -0.3 is 18.9 Å². The van der Waals surface area contributed by atoms with Crippen LogP contribution in [0.3, 0.4) is 0 Å². The van der Waals surface area contributed by atoms with Crippen LogP contribution in [0.25, 0.3) is 34.4 Å². The van der Waals surface area contributed by atoms with Crippen LogP contribution >= 0.6 is 0 Å². The first-order chi connectivity index (χ1) is 18.6. The SMILES string of the molecule is C=Cc1c(C2C=Cc3cc(OC)c(OC)cc3C2C)cc(-c2ccc(-c3ccccc3)cc2)c2c1OCO2. The van der Waals surface area contributed by atoms with Gasteiger partial charge in [-0.05, 0) is 57.5 Å². The number of ether oxygens (including phenoxy) is 4. The zero-order valence-electron chi connectivity index (χ0n) is 21.9. The second-order valence-electron chi connectivity index (χ2n) is 9.65. The Morgan fingerprint density at radius 2 is 1.45 bits per heavy atom. The number of fused-ring (bicyclic) bond motifs is 2. The fraction of sp³-hybridized carbons (Fsp3) is 0.176. The maximum absolute atomic E-state index is 6.02. The largest absolute Gasteiger partial charge is 0.493 e. The third-order valence-electron chi connectivity index (χ3n) is 7.68. The van der Waals surface area contributed by atoms with Gasteiger partial charge in [0.1, 0.15) is 0 Å². The maximum Gasteiger partial charge on any atom is 0.231 e. The highest BCUT2D eigenvalue weighted by molar-refractivity contribution is 5.83. The van der Waals surface area contributed by atoms with E-state index in [1.54, 1.807) is 14.2 Å². The smallest absolute Gasteiger partial charge is 0.231 e. The number of benzene rings is 4. The molecular formula is C34H30O4. The Bertz CT molecular complexity index is 1530. The van der Waals surface area contributed by atoms with Gasteiger partial charge in [-0.1, -0.05) is 86.3 Å². The van der Waals surface area contributed by atoms with Gasteiger partial charge in [-0.25, -0.2) is 0 Å². The summed E-state index contributed by atoms with van der Waals surface area (Å²) in [6.07, 6.45) is 6.33. The summed E-state index contributed by atoms with van der Waals surface area (Å²) in [6.45, 7) is 6.59. The monoisotopic (exact) mass is 502 g/mol. The predicted molar refractivity (Wildman–Crippen MR) is 153 cm³/mol. The molecule has 2 aliphatic rings. The summed E-state index contributed by atoms with van der Waals surface area (Å²) in [7, 11) is 3.34. The van der Waals surface area contributed by atoms with E-state index in [1.165, 1.54) is 16.7 Å². The predicted octanol–water partition coefficient (Wildman–Crippen LogP) is 8.32. The second-order valence-corrected chi connectivity index (χ2v) is 9.65. The van der Waals surface area contributed by atoms with Crippen LogP contribution in [0, 0.1) is 0 Å². The number of hydrogen-bond donors (Lipinski definition) is 0. The molecule has 0 amide bonds. The lowest BCUT2D eigenvalue weighted by Gasteiger charge is -2.30. The highest BCUT2D eigenvalue weighted by atomic mass is 16.7. The van der Waals surface area contributed by atoms with Crippen molar-refractivity contribution in [2.24, 2.45) is 0 Å². The maximum atomic E-state index is 6.02. The first-order valence-corrected chi connectivity index (χ1v) is 12.8. The number of allylic oxidation sites excluding steroid dienone is 1. The molecule has 0 saturated heterocycles. The van der Waals surface area contributed by atoms with Crippen LogP contribution in [-0.2, 0) is 0 Å². The standard InChI is InChI=1S/C34H30O4/c1-5-26-30(27-16-15-25-17-31(35-3)32(36-4)19-28(25)21(27)2)18-29(34-33(26)37-20-38-34)24-13-11-23(12-14-24)22-9-7-6-8-10-22/h5-19,21,27H,1,20H2,2-4H3. The van der Waals surface area contributed by atoms with Crippen molar-refractivity contribution < 1.29 is 18.9 Å². The molecule has 0 bridgehead atoms. The van der Waals surface area contributed by atoms with Crippen molar-refractivity contribution in [2.75, 3.05) is 21.0 Å². The molecule has 4 nitrogen and oxygen atoms in total. The molecule has 38 heavy (non-hydrogen) atoms. The van der Waals surface area contributed by atoms with E-state index in [4.69, 9.17) is 18.9 Å². The molecule has 4 aromatic rings. The van der Waals surface area contributed by atoms with Gasteiger partial charge in [0, 0.05) is 17.0 Å². The van der Waals surface area contributed by atoms with Crippen molar-refractivity contribution in [2.45, 2.75) is 18.8 Å². The summed E-state index contributed by atoms with van der Waals surface area (Å²) < 4.78 is 23.2. The zero-order valence-corrected chi connectivity index (χ0v) is 21.9. The molecule has 0 N–H and O–H groups in total. The fourth-order valence-electron chi connectivity index (χ4n) is 5.67. The summed E-state index contributed by atoms with van der Waals surface area (Å²) in [5.74, 6) is 3.32. The van der Waals surface area contributed by atoms with Gasteiger partial charge in [0.2, 0.25) is 6.79 Å². The summed E-state index contributed by atoms with van der Waals surface area (Å²) in [5.41, 5.74) is 8.98. The van der Waals surface area contributed by atoms with E-state index in [9.17, 15) is 0 Å². The summed E-state index contributed by atoms with van der Waals surface area (Å²) in [6, 6.07) is 25.4. The highest BCUT2D eigenvalue weighted by Crippen LogP contribution is 2.51. The average Bonchev–Trinajstić information content (AvgIpc) is 3.46. The van der Waals surface area contributed by atoms with E-state index >= 15 is 0 Å². The molecule has 4 heteroatoms. The van der Waals surface area contributed by atoms with Crippen molar-refractivity contribution in [3.05, 3.63) is 108 Å². The van der Waals surface area contributed by atoms with Gasteiger partial charge in [-0.2, -0.15) is 0 Å². The third kappa shape index (κ3) is 3.93. The van der Waals surface area contributed by atoms with Crippen molar-refractivity contribution in [1.82, 2.24) is 0 Å². The van der Waals surface area contributed by atoms with Crippen LogP contribution in [0.2, 0.25) is 0 Å². The van der Waals surface area contributed by atoms with E-state index in [1.807, 2.05) is 18.2 Å². The summed E-state index contributed by atoms with van der Waals surface area (Å²) in [5, 5.41) is 0. The van der Waals surface area contributed by atoms with Gasteiger partial charge in [0.15, 0.2) is 23.0 Å². The molecule has 1 heterocycles. The minimum absolute atomic E-state index is 0.116. The van der Waals surface area contributed by atoms with Gasteiger partial charge in [0.05, 0.1) is 14.2 Å². The topological polar surface area (TPSA) is 36.9 Å². The quantitative estimate of drug-likeness (QED) is 0.266. The molecule has 1 aliphatic carbocycles. The zero-order chi connectivity index (χ0) is 26.2. The molecule has 0 aromatic heterocycles. The van der Waals surface area contributed by atoms with E-state index in [0.717, 1.165) is 50.8 Å². The Balaban J connectivity index is 1.45. The molecule has 0 radical (unpaired) electrons. The molecule has 2 atom stereocenters. The van der Waals surface area contributed by atoms with Crippen LogP contribution in [-0.4, -0.2) is 21.0 Å². The van der Waals surface area contributed by atoms with E-state index < -0.39 is 0 Å². The molecule has 0 fully saturated rings. The Morgan fingerprint density at radius 3 is 2.16 bits per heavy atom. The van der Waals surface area contributed by atoms with Crippen LogP contribution in [0.15, 0.2) is 85.5 Å². The second kappa shape index (κ2) is 9.79. The third-order valence-corrected chi connectivity index (χ3v) is 7.68. The lowest BCUT2D eigenvalue weighted by molar-refractivity contribution is 0.174. The van der Waals surface area contributed by atoms with E-state index in [0.29, 0.717) is 0 Å². The molecule has 0 spiro atoms. The highest BCUT2D eigenvalue weighted by Gasteiger charge is 2.32. The lowest BCUT2D eigenvalue weighted by atomic mass is 9.75. The normalized spacial score (nSPS) is 17.1. The molecule has 0 saturated carbocycles. The number of rotatable bonds is 6. The minimum atomic E-state index is 0.116. The average molecular weight is 503 g/mol. The molecule has 190 valence electrons. The summed E-state index contributed by atoms with van der Waals surface area (Å²) in [4.78, 5) is 0. The van der Waals surface area contributed by atoms with Gasteiger partial charge >= 0.3 is 0 Å². The Hall–Kier alpha value is -4.44. The molecule has 1 aliphatic heterocycles. The Morgan fingerprint density at radius 1 is 0.789 bits per heavy atom. The number of hydrogen-bond acceptors (Lipinski definition) is 4. The fourth-order valence-corrected chi connectivity index (χ4v) is 5.67. The Kier molecular flexibility index (Phi) is 6.16. The van der Waals surface area contributed by atoms with Gasteiger partial charge in [-0.3, -0.25) is 0 Å². The molecule has 6 rings (SSSR count). The van der Waals surface area contributed by atoms with Crippen LogP contribution < -0.4 is 18.9 Å². The van der Waals surface area contributed by atoms with Crippen molar-refractivity contribution in [1.29, 1.82) is 0 Å². The molecule has 4 aromatic carbocycles. The Labute approximate surface area is 223 Å². The van der Waals surface area contributed by atoms with E-state index in [-0.39, 0.29) is 18.6 Å². The van der Waals surface area contributed by atoms with Crippen molar-refractivity contribution in [3.63, 3.8) is 0 Å². The van der Waals surface area contributed by atoms with E-state index in [2.05, 4.69) is 86.3 Å². The van der Waals surface area contributed by atoms with Crippen LogP contribution in [0.1, 0.15) is 41.0 Å². The van der Waals surface area contributed by atoms with Crippen molar-refractivity contribution >= 4 is 12.2 Å². The first-order valence-electron chi connectivity index (χ1n) is 12.8. The first kappa shape index (κ1) is 23.9. The van der Waals surface area contributed by atoms with Crippen molar-refractivity contribution in [3.8, 4) is 45.3 Å². The molecule has 2 unspecified atom stereocenters. The van der Waals surface area contributed by atoms with Gasteiger partial charge in [-0.15, -0.1) is 0 Å². The minimum Gasteiger partial charge on any atom is -0.493 e. The molecular weight excluding hydrogens is 472 g/mol. The van der Waals surface area contributed by atoms with Gasteiger partial charge in [0.25, 0.3) is 0 Å². The lowest BCUT2D eigenvalue weighted by Crippen LogP contribution is -2.13. The summed E-state index contributed by atoms with van der Waals surface area (Å²) >= 11 is 0.